The zero-order chi connectivity index (χ0) is 12.4. The molecule has 0 aliphatic carbocycles. The van der Waals surface area contributed by atoms with Crippen LogP contribution in [-0.4, -0.2) is 17.8 Å². The van der Waals surface area contributed by atoms with Gasteiger partial charge in [-0.3, -0.25) is 4.79 Å². The smallest absolute Gasteiger partial charge is 0.190 e. The summed E-state index contributed by atoms with van der Waals surface area (Å²) in [7, 11) is 1.96. The van der Waals surface area contributed by atoms with Crippen LogP contribution in [0.3, 0.4) is 0 Å². The van der Waals surface area contributed by atoms with Crippen LogP contribution < -0.4 is 4.90 Å². The molecule has 88 valence electrons. The minimum atomic E-state index is 0.0615. The van der Waals surface area contributed by atoms with Crippen molar-refractivity contribution in [3.63, 3.8) is 0 Å². The van der Waals surface area contributed by atoms with Crippen LogP contribution in [0.4, 0.5) is 10.8 Å². The summed E-state index contributed by atoms with van der Waals surface area (Å²) >= 11 is 1.42. The molecule has 0 N–H and O–H groups in total. The highest BCUT2D eigenvalue weighted by molar-refractivity contribution is 7.17. The van der Waals surface area contributed by atoms with Gasteiger partial charge in [0, 0.05) is 19.7 Å². The average molecular weight is 246 g/mol. The maximum Gasteiger partial charge on any atom is 0.190 e. The summed E-state index contributed by atoms with van der Waals surface area (Å²) in [5.74, 6) is 0.0615. The summed E-state index contributed by atoms with van der Waals surface area (Å²) in [4.78, 5) is 18.2. The predicted molar refractivity (Wildman–Crippen MR) is 71.4 cm³/mol. The summed E-state index contributed by atoms with van der Waals surface area (Å²) in [5.41, 5.74) is 2.28. The second kappa shape index (κ2) is 4.67. The van der Waals surface area contributed by atoms with Crippen molar-refractivity contribution in [3.8, 4) is 0 Å². The number of nitrogens with zero attached hydrogens (tertiary/aromatic N) is 2. The highest BCUT2D eigenvalue weighted by Crippen LogP contribution is 2.28. The number of ketones is 1. The number of rotatable bonds is 3. The van der Waals surface area contributed by atoms with E-state index in [9.17, 15) is 4.79 Å². The minimum absolute atomic E-state index is 0.0615. The van der Waals surface area contributed by atoms with E-state index in [4.69, 9.17) is 0 Å². The first-order valence-electron chi connectivity index (χ1n) is 5.35. The Kier molecular flexibility index (Phi) is 3.24. The SMILES string of the molecule is CC(=O)c1cnc(N(C)c2cccc(C)c2)s1. The topological polar surface area (TPSA) is 33.2 Å². The molecule has 1 heterocycles. The van der Waals surface area contributed by atoms with Crippen molar-refractivity contribution in [2.24, 2.45) is 0 Å². The lowest BCUT2D eigenvalue weighted by molar-refractivity contribution is 0.102. The number of benzene rings is 1. The van der Waals surface area contributed by atoms with Crippen molar-refractivity contribution in [3.05, 3.63) is 40.9 Å². The van der Waals surface area contributed by atoms with Gasteiger partial charge in [0.25, 0.3) is 0 Å². The second-order valence-electron chi connectivity index (χ2n) is 3.96. The van der Waals surface area contributed by atoms with Crippen molar-refractivity contribution in [2.75, 3.05) is 11.9 Å². The first kappa shape index (κ1) is 11.8. The molecule has 0 unspecified atom stereocenters. The maximum atomic E-state index is 11.2. The van der Waals surface area contributed by atoms with E-state index >= 15 is 0 Å². The number of Topliss-reactive ketones (excluding diaryl/α,β-unsaturated/α-hetero) is 1. The van der Waals surface area contributed by atoms with Gasteiger partial charge in [0.2, 0.25) is 0 Å². The van der Waals surface area contributed by atoms with Crippen molar-refractivity contribution >= 4 is 27.9 Å². The zero-order valence-corrected chi connectivity index (χ0v) is 10.9. The van der Waals surface area contributed by atoms with Crippen molar-refractivity contribution in [2.45, 2.75) is 13.8 Å². The molecule has 2 rings (SSSR count). The Morgan fingerprint density at radius 3 is 2.76 bits per heavy atom. The number of carbonyl (C=O) groups is 1. The predicted octanol–water partition coefficient (Wildman–Crippen LogP) is 3.42. The number of carbonyl (C=O) groups excluding carboxylic acids is 1. The molecule has 4 heteroatoms. The fraction of sp³-hybridized carbons (Fsp3) is 0.231. The summed E-state index contributed by atoms with van der Waals surface area (Å²) < 4.78 is 0. The van der Waals surface area contributed by atoms with Crippen LogP contribution in [0.5, 0.6) is 0 Å². The zero-order valence-electron chi connectivity index (χ0n) is 10.1. The monoisotopic (exact) mass is 246 g/mol. The average Bonchev–Trinajstić information content (AvgIpc) is 2.77. The fourth-order valence-electron chi connectivity index (χ4n) is 1.53. The lowest BCUT2D eigenvalue weighted by Crippen LogP contribution is -2.08. The van der Waals surface area contributed by atoms with Gasteiger partial charge in [0.1, 0.15) is 0 Å². The van der Waals surface area contributed by atoms with E-state index < -0.39 is 0 Å². The standard InChI is InChI=1S/C13H14N2OS/c1-9-5-4-6-11(7-9)15(3)13-14-8-12(17-13)10(2)16/h4-8H,1-3H3. The molecular weight excluding hydrogens is 232 g/mol. The third-order valence-corrected chi connectivity index (χ3v) is 3.69. The number of hydrogen-bond acceptors (Lipinski definition) is 4. The van der Waals surface area contributed by atoms with Gasteiger partial charge >= 0.3 is 0 Å². The minimum Gasteiger partial charge on any atom is -0.321 e. The first-order chi connectivity index (χ1) is 8.08. The fourth-order valence-corrected chi connectivity index (χ4v) is 2.32. The second-order valence-corrected chi connectivity index (χ2v) is 4.97. The van der Waals surface area contributed by atoms with E-state index in [1.165, 1.54) is 16.9 Å². The maximum absolute atomic E-state index is 11.2. The van der Waals surface area contributed by atoms with Gasteiger partial charge in [-0.25, -0.2) is 4.98 Å². The molecule has 0 aliphatic heterocycles. The van der Waals surface area contributed by atoms with Gasteiger partial charge in [-0.1, -0.05) is 23.5 Å². The molecule has 1 aromatic carbocycles. The van der Waals surface area contributed by atoms with Crippen LogP contribution in [0.1, 0.15) is 22.2 Å². The highest BCUT2D eigenvalue weighted by atomic mass is 32.1. The molecule has 0 atom stereocenters. The van der Waals surface area contributed by atoms with Gasteiger partial charge in [-0.15, -0.1) is 0 Å². The Hall–Kier alpha value is -1.68. The summed E-state index contributed by atoms with van der Waals surface area (Å²) in [6.45, 7) is 3.62. The van der Waals surface area contributed by atoms with Gasteiger partial charge < -0.3 is 4.90 Å². The van der Waals surface area contributed by atoms with Crippen LogP contribution in [-0.2, 0) is 0 Å². The summed E-state index contributed by atoms with van der Waals surface area (Å²) in [5, 5.41) is 0.834. The van der Waals surface area contributed by atoms with Crippen LogP contribution in [0.25, 0.3) is 0 Å². The van der Waals surface area contributed by atoms with Crippen LogP contribution >= 0.6 is 11.3 Å². The van der Waals surface area contributed by atoms with E-state index in [1.54, 1.807) is 13.1 Å². The number of anilines is 2. The number of thiazole rings is 1. The lowest BCUT2D eigenvalue weighted by Gasteiger charge is -2.16. The Bertz CT molecular complexity index is 548. The van der Waals surface area contributed by atoms with E-state index in [0.717, 1.165) is 10.8 Å². The molecule has 17 heavy (non-hydrogen) atoms. The molecule has 0 bridgehead atoms. The Balaban J connectivity index is 2.30. The van der Waals surface area contributed by atoms with E-state index in [1.807, 2.05) is 24.1 Å². The molecule has 3 nitrogen and oxygen atoms in total. The van der Waals surface area contributed by atoms with Crippen LogP contribution in [0, 0.1) is 6.92 Å². The molecule has 2 aromatic rings. The van der Waals surface area contributed by atoms with E-state index in [2.05, 4.69) is 24.0 Å². The Morgan fingerprint density at radius 1 is 1.41 bits per heavy atom. The molecule has 0 saturated carbocycles. The van der Waals surface area contributed by atoms with Gasteiger partial charge in [0.05, 0.1) is 11.1 Å². The van der Waals surface area contributed by atoms with Gasteiger partial charge in [-0.2, -0.15) is 0 Å². The Labute approximate surface area is 105 Å². The Morgan fingerprint density at radius 2 is 2.18 bits per heavy atom. The van der Waals surface area contributed by atoms with E-state index in [0.29, 0.717) is 4.88 Å². The first-order valence-corrected chi connectivity index (χ1v) is 6.17. The highest BCUT2D eigenvalue weighted by Gasteiger charge is 2.11. The van der Waals surface area contributed by atoms with Crippen LogP contribution in [0.2, 0.25) is 0 Å². The molecule has 0 amide bonds. The number of aryl methyl sites for hydroxylation is 1. The third-order valence-electron chi connectivity index (χ3n) is 2.52. The van der Waals surface area contributed by atoms with Crippen LogP contribution in [0.15, 0.2) is 30.5 Å². The quantitative estimate of drug-likeness (QED) is 0.778. The normalized spacial score (nSPS) is 10.3. The molecule has 0 spiro atoms. The van der Waals surface area contributed by atoms with Gasteiger partial charge in [0.15, 0.2) is 10.9 Å². The summed E-state index contributed by atoms with van der Waals surface area (Å²) in [6, 6.07) is 8.19. The van der Waals surface area contributed by atoms with Crippen molar-refractivity contribution < 1.29 is 4.79 Å². The van der Waals surface area contributed by atoms with Gasteiger partial charge in [-0.05, 0) is 24.6 Å². The van der Waals surface area contributed by atoms with Crippen molar-refractivity contribution in [1.82, 2.24) is 4.98 Å². The molecule has 0 radical (unpaired) electrons. The molecule has 0 aliphatic rings. The summed E-state index contributed by atoms with van der Waals surface area (Å²) in [6.07, 6.45) is 1.63. The lowest BCUT2D eigenvalue weighted by atomic mass is 10.2. The number of aromatic nitrogens is 1. The molecule has 0 saturated heterocycles. The molecular formula is C13H14N2OS. The van der Waals surface area contributed by atoms with Crippen molar-refractivity contribution in [1.29, 1.82) is 0 Å². The molecule has 1 aromatic heterocycles. The third kappa shape index (κ3) is 2.53. The number of hydrogen-bond donors (Lipinski definition) is 0. The van der Waals surface area contributed by atoms with E-state index in [-0.39, 0.29) is 5.78 Å². The largest absolute Gasteiger partial charge is 0.321 e. The molecule has 0 fully saturated rings.